The standard InChI is InChI=1S/C12H16Cl2N2O/c1-8-7-10(13)16-12(14)11(8)15-9-3-2-5-17-6-4-9/h7,9,15H,2-6H2,1H3. The lowest BCUT2D eigenvalue weighted by Gasteiger charge is -2.19. The summed E-state index contributed by atoms with van der Waals surface area (Å²) < 4.78 is 5.43. The van der Waals surface area contributed by atoms with Crippen LogP contribution in [0.3, 0.4) is 0 Å². The Hall–Kier alpha value is -0.510. The molecule has 0 radical (unpaired) electrons. The lowest BCUT2D eigenvalue weighted by molar-refractivity contribution is 0.144. The minimum Gasteiger partial charge on any atom is -0.381 e. The smallest absolute Gasteiger partial charge is 0.154 e. The lowest BCUT2D eigenvalue weighted by Crippen LogP contribution is -2.20. The first-order valence-corrected chi connectivity index (χ1v) is 6.59. The van der Waals surface area contributed by atoms with Gasteiger partial charge in [-0.1, -0.05) is 23.2 Å². The molecule has 0 aromatic carbocycles. The van der Waals surface area contributed by atoms with Gasteiger partial charge in [0.05, 0.1) is 5.69 Å². The molecule has 1 aliphatic rings. The second-order valence-electron chi connectivity index (χ2n) is 4.31. The summed E-state index contributed by atoms with van der Waals surface area (Å²) in [6, 6.07) is 2.22. The Morgan fingerprint density at radius 1 is 1.35 bits per heavy atom. The van der Waals surface area contributed by atoms with E-state index in [0.717, 1.165) is 43.7 Å². The van der Waals surface area contributed by atoms with Gasteiger partial charge in [0, 0.05) is 19.3 Å². The number of aromatic nitrogens is 1. The van der Waals surface area contributed by atoms with E-state index in [9.17, 15) is 0 Å². The van der Waals surface area contributed by atoms with Gasteiger partial charge in [0.1, 0.15) is 5.15 Å². The van der Waals surface area contributed by atoms with Crippen molar-refractivity contribution < 1.29 is 4.74 Å². The fraction of sp³-hybridized carbons (Fsp3) is 0.583. The van der Waals surface area contributed by atoms with Crippen LogP contribution in [0.25, 0.3) is 0 Å². The van der Waals surface area contributed by atoms with E-state index in [1.165, 1.54) is 0 Å². The van der Waals surface area contributed by atoms with Gasteiger partial charge in [-0.15, -0.1) is 0 Å². The number of nitrogens with zero attached hydrogens (tertiary/aromatic N) is 1. The highest BCUT2D eigenvalue weighted by Gasteiger charge is 2.15. The largest absolute Gasteiger partial charge is 0.381 e. The molecular weight excluding hydrogens is 259 g/mol. The molecule has 2 heterocycles. The van der Waals surface area contributed by atoms with Crippen LogP contribution in [-0.4, -0.2) is 24.2 Å². The monoisotopic (exact) mass is 274 g/mol. The van der Waals surface area contributed by atoms with E-state index in [-0.39, 0.29) is 0 Å². The molecule has 1 fully saturated rings. The molecule has 17 heavy (non-hydrogen) atoms. The molecule has 1 atom stereocenters. The number of ether oxygens (including phenoxy) is 1. The van der Waals surface area contributed by atoms with Gasteiger partial charge in [0.15, 0.2) is 5.15 Å². The SMILES string of the molecule is Cc1cc(Cl)nc(Cl)c1NC1CCCOCC1. The van der Waals surface area contributed by atoms with Crippen LogP contribution < -0.4 is 5.32 Å². The number of pyridine rings is 1. The summed E-state index contributed by atoms with van der Waals surface area (Å²) in [5, 5.41) is 4.33. The van der Waals surface area contributed by atoms with Gasteiger partial charge in [0.2, 0.25) is 0 Å². The highest BCUT2D eigenvalue weighted by molar-refractivity contribution is 6.34. The summed E-state index contributed by atoms with van der Waals surface area (Å²) >= 11 is 12.0. The number of hydrogen-bond acceptors (Lipinski definition) is 3. The minimum atomic E-state index is 0.400. The zero-order chi connectivity index (χ0) is 12.3. The Morgan fingerprint density at radius 2 is 2.18 bits per heavy atom. The summed E-state index contributed by atoms with van der Waals surface area (Å²) in [5.74, 6) is 0. The molecular formula is C12H16Cl2N2O. The fourth-order valence-corrected chi connectivity index (χ4v) is 2.61. The lowest BCUT2D eigenvalue weighted by atomic mass is 10.1. The van der Waals surface area contributed by atoms with Crippen molar-refractivity contribution in [1.82, 2.24) is 4.98 Å². The van der Waals surface area contributed by atoms with Gasteiger partial charge in [-0.05, 0) is 37.8 Å². The van der Waals surface area contributed by atoms with E-state index in [4.69, 9.17) is 27.9 Å². The van der Waals surface area contributed by atoms with E-state index >= 15 is 0 Å². The molecule has 1 aliphatic heterocycles. The molecule has 0 saturated carbocycles. The van der Waals surface area contributed by atoms with Gasteiger partial charge < -0.3 is 10.1 Å². The molecule has 5 heteroatoms. The maximum atomic E-state index is 6.11. The predicted molar refractivity (Wildman–Crippen MR) is 71.1 cm³/mol. The average molecular weight is 275 g/mol. The molecule has 94 valence electrons. The maximum absolute atomic E-state index is 6.11. The van der Waals surface area contributed by atoms with Crippen molar-refractivity contribution in [2.24, 2.45) is 0 Å². The molecule has 1 aromatic heterocycles. The molecule has 1 saturated heterocycles. The Morgan fingerprint density at radius 3 is 2.94 bits per heavy atom. The summed E-state index contributed by atoms with van der Waals surface area (Å²) in [5.41, 5.74) is 1.92. The number of hydrogen-bond donors (Lipinski definition) is 1. The maximum Gasteiger partial charge on any atom is 0.154 e. The van der Waals surface area contributed by atoms with Gasteiger partial charge >= 0.3 is 0 Å². The quantitative estimate of drug-likeness (QED) is 0.836. The molecule has 0 amide bonds. The first-order chi connectivity index (χ1) is 8.16. The van der Waals surface area contributed by atoms with E-state index in [1.54, 1.807) is 0 Å². The van der Waals surface area contributed by atoms with Crippen molar-refractivity contribution in [3.05, 3.63) is 21.9 Å². The van der Waals surface area contributed by atoms with Gasteiger partial charge in [-0.3, -0.25) is 0 Å². The zero-order valence-electron chi connectivity index (χ0n) is 9.80. The average Bonchev–Trinajstić information content (AvgIpc) is 2.51. The van der Waals surface area contributed by atoms with Gasteiger partial charge in [-0.2, -0.15) is 0 Å². The number of anilines is 1. The first-order valence-electron chi connectivity index (χ1n) is 5.84. The molecule has 0 bridgehead atoms. The second kappa shape index (κ2) is 5.89. The van der Waals surface area contributed by atoms with Crippen molar-refractivity contribution in [2.45, 2.75) is 32.2 Å². The molecule has 3 nitrogen and oxygen atoms in total. The van der Waals surface area contributed by atoms with Gasteiger partial charge in [0.25, 0.3) is 0 Å². The Bertz CT molecular complexity index is 367. The molecule has 0 aliphatic carbocycles. The summed E-state index contributed by atoms with van der Waals surface area (Å²) in [7, 11) is 0. The minimum absolute atomic E-state index is 0.400. The van der Waals surface area contributed by atoms with Crippen LogP contribution in [0.2, 0.25) is 10.3 Å². The summed E-state index contributed by atoms with van der Waals surface area (Å²) in [6.45, 7) is 3.63. The van der Waals surface area contributed by atoms with E-state index < -0.39 is 0 Å². The van der Waals surface area contributed by atoms with Crippen LogP contribution in [0.5, 0.6) is 0 Å². The number of aryl methyl sites for hydroxylation is 1. The number of nitrogens with one attached hydrogen (secondary N) is 1. The Labute approximate surface area is 111 Å². The summed E-state index contributed by atoms with van der Waals surface area (Å²) in [4.78, 5) is 4.06. The van der Waals surface area contributed by atoms with Crippen molar-refractivity contribution in [1.29, 1.82) is 0 Å². The third kappa shape index (κ3) is 3.47. The topological polar surface area (TPSA) is 34.2 Å². The van der Waals surface area contributed by atoms with Crippen molar-refractivity contribution in [3.63, 3.8) is 0 Å². The normalized spacial score (nSPS) is 21.0. The second-order valence-corrected chi connectivity index (χ2v) is 5.06. The van der Waals surface area contributed by atoms with Crippen LogP contribution in [0.4, 0.5) is 5.69 Å². The van der Waals surface area contributed by atoms with E-state index in [1.807, 2.05) is 13.0 Å². The summed E-state index contributed by atoms with van der Waals surface area (Å²) in [6.07, 6.45) is 3.17. The molecule has 2 rings (SSSR count). The van der Waals surface area contributed by atoms with Crippen LogP contribution in [-0.2, 0) is 4.74 Å². The number of rotatable bonds is 2. The number of halogens is 2. The Balaban J connectivity index is 2.11. The van der Waals surface area contributed by atoms with Crippen molar-refractivity contribution in [3.8, 4) is 0 Å². The molecule has 1 N–H and O–H groups in total. The van der Waals surface area contributed by atoms with E-state index in [0.29, 0.717) is 16.3 Å². The highest BCUT2D eigenvalue weighted by atomic mass is 35.5. The first kappa shape index (κ1) is 12.9. The van der Waals surface area contributed by atoms with E-state index in [2.05, 4.69) is 10.3 Å². The molecule has 1 unspecified atom stereocenters. The predicted octanol–water partition coefficient (Wildman–Crippen LogP) is 3.68. The van der Waals surface area contributed by atoms with Crippen LogP contribution in [0.15, 0.2) is 6.07 Å². The van der Waals surface area contributed by atoms with Crippen LogP contribution in [0, 0.1) is 6.92 Å². The Kier molecular flexibility index (Phi) is 4.48. The fourth-order valence-electron chi connectivity index (χ4n) is 2.02. The van der Waals surface area contributed by atoms with Crippen LogP contribution in [0.1, 0.15) is 24.8 Å². The van der Waals surface area contributed by atoms with Crippen molar-refractivity contribution in [2.75, 3.05) is 18.5 Å². The van der Waals surface area contributed by atoms with Crippen LogP contribution >= 0.6 is 23.2 Å². The van der Waals surface area contributed by atoms with Gasteiger partial charge in [-0.25, -0.2) is 4.98 Å². The third-order valence-corrected chi connectivity index (χ3v) is 3.41. The highest BCUT2D eigenvalue weighted by Crippen LogP contribution is 2.28. The molecule has 0 spiro atoms. The third-order valence-electron chi connectivity index (χ3n) is 2.94. The zero-order valence-corrected chi connectivity index (χ0v) is 11.3. The van der Waals surface area contributed by atoms with Crippen molar-refractivity contribution >= 4 is 28.9 Å². The molecule has 1 aromatic rings.